The lowest BCUT2D eigenvalue weighted by Crippen LogP contribution is -2.49. The topological polar surface area (TPSA) is 66.4 Å². The van der Waals surface area contributed by atoms with Gasteiger partial charge in [0.25, 0.3) is 0 Å². The van der Waals surface area contributed by atoms with Gasteiger partial charge in [-0.25, -0.2) is 0 Å². The van der Waals surface area contributed by atoms with Gasteiger partial charge in [0.05, 0.1) is 0 Å². The van der Waals surface area contributed by atoms with Gasteiger partial charge < -0.3 is 5.11 Å². The van der Waals surface area contributed by atoms with Crippen molar-refractivity contribution in [3.05, 3.63) is 109 Å². The summed E-state index contributed by atoms with van der Waals surface area (Å²) in [7, 11) is -3.33. The van der Waals surface area contributed by atoms with Crippen molar-refractivity contribution in [1.29, 1.82) is 0 Å². The first-order valence-corrected chi connectivity index (χ1v) is 12.8. The second-order valence-corrected chi connectivity index (χ2v) is 11.0. The maximum Gasteiger partial charge on any atom is 0.204 e. The Hall–Kier alpha value is -3.04. The number of rotatable bonds is 8. The number of aliphatic hydroxyl groups excluding tert-OH is 1. The third kappa shape index (κ3) is 4.69. The number of Topliss-reactive ketones (excluding diaryl/α,β-unsaturated/α-hetero) is 1. The van der Waals surface area contributed by atoms with Crippen LogP contribution in [0.15, 0.2) is 103 Å². The van der Waals surface area contributed by atoms with Crippen LogP contribution in [0.2, 0.25) is 0 Å². The SMILES string of the molecule is CC(C)[C@@H](NP(=O)(c1ccccc1)c1ccccc1)[C@@H](O)C(=O)c1cccc2ccccc12. The fourth-order valence-electron chi connectivity index (χ4n) is 4.13. The van der Waals surface area contributed by atoms with Crippen LogP contribution >= 0.6 is 7.29 Å². The van der Waals surface area contributed by atoms with Crippen molar-refractivity contribution in [2.75, 3.05) is 0 Å². The molecule has 0 bridgehead atoms. The number of fused-ring (bicyclic) bond motifs is 1. The van der Waals surface area contributed by atoms with Crippen molar-refractivity contribution >= 4 is 34.5 Å². The van der Waals surface area contributed by atoms with Crippen molar-refractivity contribution in [3.63, 3.8) is 0 Å². The van der Waals surface area contributed by atoms with E-state index in [-0.39, 0.29) is 11.7 Å². The predicted octanol–water partition coefficient (Wildman–Crippen LogP) is 4.93. The smallest absolute Gasteiger partial charge is 0.204 e. The fourth-order valence-corrected chi connectivity index (χ4v) is 6.77. The molecule has 0 saturated heterocycles. The normalized spacial score (nSPS) is 13.7. The highest BCUT2D eigenvalue weighted by atomic mass is 31.2. The minimum Gasteiger partial charge on any atom is -0.383 e. The van der Waals surface area contributed by atoms with Gasteiger partial charge in [0, 0.05) is 22.2 Å². The van der Waals surface area contributed by atoms with E-state index in [9.17, 15) is 14.5 Å². The Bertz CT molecular complexity index is 1240. The Morgan fingerprint density at radius 2 is 1.27 bits per heavy atom. The molecule has 4 aromatic carbocycles. The summed E-state index contributed by atoms with van der Waals surface area (Å²) in [5, 5.41) is 17.5. The summed E-state index contributed by atoms with van der Waals surface area (Å²) in [5.41, 5.74) is 0.460. The van der Waals surface area contributed by atoms with E-state index < -0.39 is 19.4 Å². The van der Waals surface area contributed by atoms with Crippen LogP contribution in [0.4, 0.5) is 0 Å². The minimum atomic E-state index is -3.33. The number of carbonyl (C=O) groups is 1. The number of benzene rings is 4. The predicted molar refractivity (Wildman–Crippen MR) is 136 cm³/mol. The van der Waals surface area contributed by atoms with Crippen molar-refractivity contribution in [2.24, 2.45) is 5.92 Å². The Morgan fingerprint density at radius 1 is 0.758 bits per heavy atom. The van der Waals surface area contributed by atoms with Crippen molar-refractivity contribution < 1.29 is 14.5 Å². The molecule has 33 heavy (non-hydrogen) atoms. The first-order valence-electron chi connectivity index (χ1n) is 11.1. The monoisotopic (exact) mass is 457 g/mol. The second-order valence-electron chi connectivity index (χ2n) is 8.52. The number of hydrogen-bond donors (Lipinski definition) is 2. The number of carbonyl (C=O) groups excluding carboxylic acids is 1. The zero-order chi connectivity index (χ0) is 23.4. The summed E-state index contributed by atoms with van der Waals surface area (Å²) < 4.78 is 14.5. The fraction of sp³-hybridized carbons (Fsp3) is 0.179. The van der Waals surface area contributed by atoms with Crippen LogP contribution in [-0.4, -0.2) is 23.0 Å². The molecule has 0 heterocycles. The lowest BCUT2D eigenvalue weighted by atomic mass is 9.91. The maximum absolute atomic E-state index is 14.5. The van der Waals surface area contributed by atoms with Crippen LogP contribution in [0.1, 0.15) is 24.2 Å². The third-order valence-corrected chi connectivity index (χ3v) is 8.67. The molecule has 0 spiro atoms. The summed E-state index contributed by atoms with van der Waals surface area (Å²) >= 11 is 0. The Morgan fingerprint density at radius 3 is 1.85 bits per heavy atom. The highest BCUT2D eigenvalue weighted by Gasteiger charge is 2.37. The van der Waals surface area contributed by atoms with Crippen molar-refractivity contribution in [2.45, 2.75) is 26.0 Å². The van der Waals surface area contributed by atoms with E-state index in [4.69, 9.17) is 0 Å². The van der Waals surface area contributed by atoms with Gasteiger partial charge in [-0.2, -0.15) is 0 Å². The van der Waals surface area contributed by atoms with Crippen LogP contribution in [0, 0.1) is 5.92 Å². The minimum absolute atomic E-state index is 0.153. The van der Waals surface area contributed by atoms with Gasteiger partial charge in [0.2, 0.25) is 7.29 Å². The molecule has 168 valence electrons. The number of nitrogens with one attached hydrogen (secondary N) is 1. The van der Waals surface area contributed by atoms with Crippen molar-refractivity contribution in [1.82, 2.24) is 5.09 Å². The quantitative estimate of drug-likeness (QED) is 0.291. The average Bonchev–Trinajstić information content (AvgIpc) is 2.87. The molecule has 0 amide bonds. The number of aliphatic hydroxyl groups is 1. The van der Waals surface area contributed by atoms with E-state index in [1.165, 1.54) is 0 Å². The second kappa shape index (κ2) is 9.84. The first kappa shape index (κ1) is 23.1. The van der Waals surface area contributed by atoms with Crippen LogP contribution in [0.3, 0.4) is 0 Å². The number of ketones is 1. The maximum atomic E-state index is 14.5. The Balaban J connectivity index is 1.74. The lowest BCUT2D eigenvalue weighted by Gasteiger charge is -2.32. The summed E-state index contributed by atoms with van der Waals surface area (Å²) in [5.74, 6) is -0.537. The van der Waals surface area contributed by atoms with Crippen LogP contribution in [-0.2, 0) is 4.57 Å². The standard InChI is InChI=1S/C28H28NO3P/c1-20(2)26(28(31)27(30)25-19-11-13-21-12-9-10-18-24(21)25)29-33(32,22-14-5-3-6-15-22)23-16-7-4-8-17-23/h3-20,26,28,31H,1-2H3,(H,29,32)/t26-,28-/m1/s1. The third-order valence-electron chi connectivity index (χ3n) is 5.95. The van der Waals surface area contributed by atoms with E-state index in [0.717, 1.165) is 10.8 Å². The van der Waals surface area contributed by atoms with E-state index in [1.54, 1.807) is 6.07 Å². The molecule has 2 atom stereocenters. The first-order chi connectivity index (χ1) is 15.9. The van der Waals surface area contributed by atoms with E-state index in [2.05, 4.69) is 5.09 Å². The molecule has 0 saturated carbocycles. The molecule has 2 N–H and O–H groups in total. The zero-order valence-electron chi connectivity index (χ0n) is 18.8. The molecule has 5 heteroatoms. The Kier molecular flexibility index (Phi) is 6.90. The molecule has 0 radical (unpaired) electrons. The van der Waals surface area contributed by atoms with Gasteiger partial charge in [-0.15, -0.1) is 0 Å². The molecule has 0 aromatic heterocycles. The van der Waals surface area contributed by atoms with Gasteiger partial charge in [-0.1, -0.05) is 92.7 Å². The highest BCUT2D eigenvalue weighted by molar-refractivity contribution is 7.76. The largest absolute Gasteiger partial charge is 0.383 e. The molecule has 4 nitrogen and oxygen atoms in total. The summed E-state index contributed by atoms with van der Waals surface area (Å²) in [6.07, 6.45) is -1.36. The van der Waals surface area contributed by atoms with Gasteiger partial charge >= 0.3 is 0 Å². The molecule has 0 unspecified atom stereocenters. The molecule has 4 rings (SSSR count). The zero-order valence-corrected chi connectivity index (χ0v) is 19.7. The molecular formula is C28H28NO3P. The van der Waals surface area contributed by atoms with Gasteiger partial charge in [0.15, 0.2) is 5.78 Å². The molecule has 0 aliphatic heterocycles. The summed E-state index contributed by atoms with van der Waals surface area (Å²) in [6.45, 7) is 3.83. The van der Waals surface area contributed by atoms with Gasteiger partial charge in [0.1, 0.15) is 6.10 Å². The lowest BCUT2D eigenvalue weighted by molar-refractivity contribution is 0.0635. The van der Waals surface area contributed by atoms with E-state index >= 15 is 0 Å². The van der Waals surface area contributed by atoms with Crippen LogP contribution in [0.5, 0.6) is 0 Å². The molecule has 0 fully saturated rings. The molecule has 4 aromatic rings. The van der Waals surface area contributed by atoms with Gasteiger partial charge in [-0.05, 0) is 41.0 Å². The number of hydrogen-bond acceptors (Lipinski definition) is 3. The summed E-state index contributed by atoms with van der Waals surface area (Å²) in [4.78, 5) is 13.5. The van der Waals surface area contributed by atoms with Crippen LogP contribution in [0.25, 0.3) is 10.8 Å². The Labute approximate surface area is 194 Å². The summed E-state index contributed by atoms with van der Waals surface area (Å²) in [6, 6.07) is 30.8. The molecule has 0 aliphatic carbocycles. The van der Waals surface area contributed by atoms with Crippen molar-refractivity contribution in [3.8, 4) is 0 Å². The van der Waals surface area contributed by atoms with E-state index in [1.807, 2.05) is 111 Å². The average molecular weight is 458 g/mol. The van der Waals surface area contributed by atoms with E-state index in [0.29, 0.717) is 16.2 Å². The molecular weight excluding hydrogens is 429 g/mol. The van der Waals surface area contributed by atoms with Crippen LogP contribution < -0.4 is 15.7 Å². The highest BCUT2D eigenvalue weighted by Crippen LogP contribution is 2.40. The van der Waals surface area contributed by atoms with Gasteiger partial charge in [-0.3, -0.25) is 14.4 Å². The molecule has 0 aliphatic rings.